The van der Waals surface area contributed by atoms with Crippen LogP contribution in [0.1, 0.15) is 12.5 Å². The molecule has 8 heteroatoms. The number of hydrogen-bond donors (Lipinski definition) is 2. The average Bonchev–Trinajstić information content (AvgIpc) is 3.02. The predicted octanol–water partition coefficient (Wildman–Crippen LogP) is 2.35. The van der Waals surface area contributed by atoms with Crippen LogP contribution in [0.15, 0.2) is 53.9 Å². The number of nitrogens with zero attached hydrogens (tertiary/aromatic N) is 4. The molecule has 0 aliphatic carbocycles. The van der Waals surface area contributed by atoms with E-state index in [1.807, 2.05) is 30.3 Å². The van der Waals surface area contributed by atoms with E-state index in [1.165, 1.54) is 22.0 Å². The van der Waals surface area contributed by atoms with Crippen molar-refractivity contribution < 1.29 is 4.79 Å². The van der Waals surface area contributed by atoms with Gasteiger partial charge in [-0.25, -0.2) is 4.68 Å². The number of anilines is 1. The van der Waals surface area contributed by atoms with E-state index in [-0.39, 0.29) is 11.7 Å². The highest BCUT2D eigenvalue weighted by Gasteiger charge is 2.13. The van der Waals surface area contributed by atoms with E-state index < -0.39 is 0 Å². The van der Waals surface area contributed by atoms with Crippen LogP contribution < -0.4 is 11.2 Å². The molecule has 3 N–H and O–H groups in total. The second-order valence-corrected chi connectivity index (χ2v) is 6.25. The molecule has 0 bridgehead atoms. The maximum absolute atomic E-state index is 12.1. The number of aryl methyl sites for hydroxylation is 1. The summed E-state index contributed by atoms with van der Waals surface area (Å²) < 4.78 is 1.37. The summed E-state index contributed by atoms with van der Waals surface area (Å²) in [6.45, 7) is 2.09. The number of pyridine rings is 1. The van der Waals surface area contributed by atoms with E-state index in [1.54, 1.807) is 18.5 Å². The average molecular weight is 354 g/mol. The molecule has 2 heterocycles. The number of nitrogens with one attached hydrogen (secondary N) is 1. The Labute approximate surface area is 149 Å². The monoisotopic (exact) mass is 354 g/mol. The third-order valence-corrected chi connectivity index (χ3v) is 4.51. The maximum atomic E-state index is 12.1. The van der Waals surface area contributed by atoms with Crippen LogP contribution in [0.4, 0.5) is 5.69 Å². The molecule has 0 atom stereocenters. The molecule has 2 aromatic heterocycles. The highest BCUT2D eigenvalue weighted by Crippen LogP contribution is 2.21. The van der Waals surface area contributed by atoms with Crippen LogP contribution in [0.5, 0.6) is 0 Å². The van der Waals surface area contributed by atoms with Crippen LogP contribution in [0, 0.1) is 0 Å². The Kier molecular flexibility index (Phi) is 5.30. The predicted molar refractivity (Wildman–Crippen MR) is 98.6 cm³/mol. The summed E-state index contributed by atoms with van der Waals surface area (Å²) in [6, 6.07) is 11.4. The van der Waals surface area contributed by atoms with E-state index in [0.29, 0.717) is 11.0 Å². The van der Waals surface area contributed by atoms with Gasteiger partial charge in [0.15, 0.2) is 5.82 Å². The zero-order chi connectivity index (χ0) is 17.6. The Bertz CT molecular complexity index is 847. The number of thioether (sulfide) groups is 1. The first-order valence-corrected chi connectivity index (χ1v) is 8.78. The molecule has 0 aliphatic heterocycles. The molecule has 0 radical (unpaired) electrons. The van der Waals surface area contributed by atoms with Gasteiger partial charge in [-0.2, -0.15) is 0 Å². The SMILES string of the molecule is CCc1ccc(NC(=O)CSc2nnc(-c3cccnc3)n2N)cc1. The fourth-order valence-corrected chi connectivity index (χ4v) is 2.87. The third-order valence-electron chi connectivity index (χ3n) is 3.56. The van der Waals surface area contributed by atoms with Gasteiger partial charge in [-0.3, -0.25) is 9.78 Å². The van der Waals surface area contributed by atoms with Crippen LogP contribution in [-0.4, -0.2) is 31.5 Å². The lowest BCUT2D eigenvalue weighted by Gasteiger charge is -2.06. The molecule has 1 amide bonds. The lowest BCUT2D eigenvalue weighted by atomic mass is 10.1. The lowest BCUT2D eigenvalue weighted by Crippen LogP contribution is -2.16. The molecule has 3 rings (SSSR count). The van der Waals surface area contributed by atoms with Crippen molar-refractivity contribution in [2.75, 3.05) is 16.9 Å². The molecular weight excluding hydrogens is 336 g/mol. The Morgan fingerprint density at radius 2 is 2.04 bits per heavy atom. The Balaban J connectivity index is 1.60. The zero-order valence-corrected chi connectivity index (χ0v) is 14.5. The first-order valence-electron chi connectivity index (χ1n) is 7.80. The third kappa shape index (κ3) is 4.16. The largest absolute Gasteiger partial charge is 0.335 e. The first-order chi connectivity index (χ1) is 12.2. The highest BCUT2D eigenvalue weighted by molar-refractivity contribution is 7.99. The van der Waals surface area contributed by atoms with Gasteiger partial charge in [0.25, 0.3) is 0 Å². The Hall–Kier alpha value is -2.87. The second kappa shape index (κ2) is 7.80. The Morgan fingerprint density at radius 1 is 1.24 bits per heavy atom. The van der Waals surface area contributed by atoms with Crippen molar-refractivity contribution in [2.24, 2.45) is 0 Å². The molecule has 0 fully saturated rings. The van der Waals surface area contributed by atoms with Crippen molar-refractivity contribution >= 4 is 23.4 Å². The number of hydrogen-bond acceptors (Lipinski definition) is 6. The van der Waals surface area contributed by atoms with Gasteiger partial charge in [-0.05, 0) is 36.2 Å². The van der Waals surface area contributed by atoms with Crippen LogP contribution >= 0.6 is 11.8 Å². The molecule has 0 unspecified atom stereocenters. The van der Waals surface area contributed by atoms with Gasteiger partial charge in [0, 0.05) is 23.6 Å². The number of nitrogen functional groups attached to an aromatic ring is 1. The smallest absolute Gasteiger partial charge is 0.234 e. The minimum absolute atomic E-state index is 0.125. The maximum Gasteiger partial charge on any atom is 0.234 e. The lowest BCUT2D eigenvalue weighted by molar-refractivity contribution is -0.113. The number of aromatic nitrogens is 4. The number of rotatable bonds is 6. The minimum Gasteiger partial charge on any atom is -0.335 e. The van der Waals surface area contributed by atoms with Gasteiger partial charge in [-0.15, -0.1) is 10.2 Å². The summed E-state index contributed by atoms with van der Waals surface area (Å²) >= 11 is 1.23. The van der Waals surface area contributed by atoms with E-state index in [0.717, 1.165) is 17.7 Å². The van der Waals surface area contributed by atoms with Crippen LogP contribution in [0.3, 0.4) is 0 Å². The fraction of sp³-hybridized carbons (Fsp3) is 0.176. The highest BCUT2D eigenvalue weighted by atomic mass is 32.2. The molecule has 1 aromatic carbocycles. The van der Waals surface area contributed by atoms with Crippen molar-refractivity contribution in [1.82, 2.24) is 19.9 Å². The molecule has 3 aromatic rings. The number of benzene rings is 1. The van der Waals surface area contributed by atoms with E-state index in [9.17, 15) is 4.79 Å². The van der Waals surface area contributed by atoms with Crippen molar-refractivity contribution in [1.29, 1.82) is 0 Å². The number of nitrogens with two attached hydrogens (primary N) is 1. The molecule has 7 nitrogen and oxygen atoms in total. The van der Waals surface area contributed by atoms with Gasteiger partial charge in [0.1, 0.15) is 0 Å². The molecular formula is C17H18N6OS. The van der Waals surface area contributed by atoms with Crippen LogP contribution in [-0.2, 0) is 11.2 Å². The summed E-state index contributed by atoms with van der Waals surface area (Å²) in [6.07, 6.45) is 4.30. The molecule has 128 valence electrons. The quantitative estimate of drug-likeness (QED) is 0.521. The van der Waals surface area contributed by atoms with Gasteiger partial charge >= 0.3 is 0 Å². The summed E-state index contributed by atoms with van der Waals surface area (Å²) in [5.74, 6) is 6.59. The summed E-state index contributed by atoms with van der Waals surface area (Å²) in [7, 11) is 0. The molecule has 0 spiro atoms. The van der Waals surface area contributed by atoms with Gasteiger partial charge in [-0.1, -0.05) is 30.8 Å². The van der Waals surface area contributed by atoms with E-state index in [4.69, 9.17) is 5.84 Å². The standard InChI is InChI=1S/C17H18N6OS/c1-2-12-5-7-14(8-6-12)20-15(24)11-25-17-22-21-16(23(17)18)13-4-3-9-19-10-13/h3-10H,2,11,18H2,1H3,(H,20,24). The summed E-state index contributed by atoms with van der Waals surface area (Å²) in [5.41, 5.74) is 2.77. The van der Waals surface area contributed by atoms with Crippen LogP contribution in [0.25, 0.3) is 11.4 Å². The summed E-state index contributed by atoms with van der Waals surface area (Å²) in [4.78, 5) is 16.1. The summed E-state index contributed by atoms with van der Waals surface area (Å²) in [5, 5.41) is 11.4. The van der Waals surface area contributed by atoms with E-state index in [2.05, 4.69) is 27.4 Å². The van der Waals surface area contributed by atoms with Crippen molar-refractivity contribution in [3.63, 3.8) is 0 Å². The van der Waals surface area contributed by atoms with Crippen molar-refractivity contribution in [3.8, 4) is 11.4 Å². The van der Waals surface area contributed by atoms with E-state index >= 15 is 0 Å². The molecule has 0 saturated heterocycles. The zero-order valence-electron chi connectivity index (χ0n) is 13.7. The number of carbonyl (C=O) groups is 1. The van der Waals surface area contributed by atoms with Crippen molar-refractivity contribution in [2.45, 2.75) is 18.5 Å². The second-order valence-electron chi connectivity index (χ2n) is 5.31. The number of amides is 1. The van der Waals surface area contributed by atoms with Gasteiger partial charge in [0.2, 0.25) is 11.1 Å². The van der Waals surface area contributed by atoms with Crippen molar-refractivity contribution in [3.05, 3.63) is 54.4 Å². The normalized spacial score (nSPS) is 10.6. The molecule has 0 saturated carbocycles. The molecule has 0 aliphatic rings. The fourth-order valence-electron chi connectivity index (χ4n) is 2.22. The Morgan fingerprint density at radius 3 is 2.72 bits per heavy atom. The topological polar surface area (TPSA) is 98.7 Å². The molecule has 25 heavy (non-hydrogen) atoms. The van der Waals surface area contributed by atoms with Gasteiger partial charge in [0.05, 0.1) is 5.75 Å². The van der Waals surface area contributed by atoms with Crippen LogP contribution in [0.2, 0.25) is 0 Å². The number of carbonyl (C=O) groups excluding carboxylic acids is 1. The minimum atomic E-state index is -0.125. The van der Waals surface area contributed by atoms with Gasteiger partial charge < -0.3 is 11.2 Å². The first kappa shape index (κ1) is 17.0.